The highest BCUT2D eigenvalue weighted by molar-refractivity contribution is 5.96. The molecule has 24 heavy (non-hydrogen) atoms. The molecule has 1 aliphatic heterocycles. The molecular formula is C18H17F2N3O. The lowest BCUT2D eigenvalue weighted by molar-refractivity contribution is 0.0979. The molecule has 3 rings (SSSR count). The fourth-order valence-corrected chi connectivity index (χ4v) is 2.48. The van der Waals surface area contributed by atoms with E-state index in [1.807, 2.05) is 24.3 Å². The van der Waals surface area contributed by atoms with Crippen LogP contribution in [-0.2, 0) is 6.42 Å². The summed E-state index contributed by atoms with van der Waals surface area (Å²) in [4.78, 5) is 16.3. The van der Waals surface area contributed by atoms with Crippen LogP contribution in [0.3, 0.4) is 0 Å². The lowest BCUT2D eigenvalue weighted by atomic mass is 10.0. The van der Waals surface area contributed by atoms with E-state index in [0.29, 0.717) is 6.42 Å². The van der Waals surface area contributed by atoms with Crippen LogP contribution in [0.15, 0.2) is 47.5 Å². The Balaban J connectivity index is 1.57. The molecule has 0 aromatic heterocycles. The van der Waals surface area contributed by atoms with E-state index < -0.39 is 11.6 Å². The van der Waals surface area contributed by atoms with Crippen LogP contribution in [0.5, 0.6) is 0 Å². The van der Waals surface area contributed by atoms with E-state index in [0.717, 1.165) is 42.4 Å². The number of carbonyl (C=O) groups is 1. The van der Waals surface area contributed by atoms with Crippen molar-refractivity contribution in [3.8, 4) is 0 Å². The normalized spacial score (nSPS) is 13.3. The molecule has 0 fully saturated rings. The van der Waals surface area contributed by atoms with Gasteiger partial charge in [0.1, 0.15) is 11.6 Å². The predicted molar refractivity (Wildman–Crippen MR) is 89.4 cm³/mol. The van der Waals surface area contributed by atoms with Gasteiger partial charge in [0.15, 0.2) is 11.7 Å². The Labute approximate surface area is 138 Å². The van der Waals surface area contributed by atoms with E-state index >= 15 is 0 Å². The summed E-state index contributed by atoms with van der Waals surface area (Å²) in [5, 5.41) is 6.28. The first-order valence-corrected chi connectivity index (χ1v) is 7.74. The Kier molecular flexibility index (Phi) is 4.84. The number of benzene rings is 2. The number of halogens is 2. The van der Waals surface area contributed by atoms with Gasteiger partial charge >= 0.3 is 0 Å². The summed E-state index contributed by atoms with van der Waals surface area (Å²) in [6, 6.07) is 10.6. The van der Waals surface area contributed by atoms with Crippen molar-refractivity contribution in [3.05, 3.63) is 65.2 Å². The van der Waals surface area contributed by atoms with Crippen molar-refractivity contribution >= 4 is 17.4 Å². The molecule has 2 aromatic carbocycles. The molecule has 0 radical (unpaired) electrons. The lowest BCUT2D eigenvalue weighted by Crippen LogP contribution is -2.26. The average Bonchev–Trinajstić information content (AvgIpc) is 3.07. The van der Waals surface area contributed by atoms with E-state index in [1.54, 1.807) is 0 Å². The number of guanidine groups is 1. The quantitative estimate of drug-likeness (QED) is 0.829. The van der Waals surface area contributed by atoms with Crippen molar-refractivity contribution in [1.29, 1.82) is 0 Å². The minimum atomic E-state index is -0.815. The summed E-state index contributed by atoms with van der Waals surface area (Å²) in [5.41, 5.74) is 1.81. The smallest absolute Gasteiger partial charge is 0.195 e. The summed E-state index contributed by atoms with van der Waals surface area (Å²) in [6.07, 6.45) is 0.665. The third-order valence-electron chi connectivity index (χ3n) is 3.76. The second-order valence-electron chi connectivity index (χ2n) is 5.53. The number of Topliss-reactive ketones (excluding diaryl/α,β-unsaturated/α-hetero) is 1. The number of hydrogen-bond acceptors (Lipinski definition) is 4. The van der Waals surface area contributed by atoms with Gasteiger partial charge in [-0.25, -0.2) is 8.78 Å². The van der Waals surface area contributed by atoms with Crippen LogP contribution in [0.25, 0.3) is 0 Å². The zero-order valence-electron chi connectivity index (χ0n) is 13.0. The lowest BCUT2D eigenvalue weighted by Gasteiger charge is -2.08. The number of anilines is 1. The second-order valence-corrected chi connectivity index (χ2v) is 5.53. The third kappa shape index (κ3) is 3.95. The van der Waals surface area contributed by atoms with Crippen LogP contribution >= 0.6 is 0 Å². The van der Waals surface area contributed by atoms with Crippen molar-refractivity contribution in [3.63, 3.8) is 0 Å². The van der Waals surface area contributed by atoms with Crippen molar-refractivity contribution < 1.29 is 13.6 Å². The van der Waals surface area contributed by atoms with Gasteiger partial charge in [-0.2, -0.15) is 0 Å². The van der Waals surface area contributed by atoms with Crippen molar-refractivity contribution in [2.75, 3.05) is 18.4 Å². The number of rotatable bonds is 5. The van der Waals surface area contributed by atoms with E-state index in [2.05, 4.69) is 15.6 Å². The second kappa shape index (κ2) is 7.21. The van der Waals surface area contributed by atoms with Crippen LogP contribution in [0.4, 0.5) is 14.5 Å². The maximum absolute atomic E-state index is 13.6. The zero-order chi connectivity index (χ0) is 16.9. The maximum Gasteiger partial charge on any atom is 0.195 e. The number of hydrogen-bond donors (Lipinski definition) is 2. The Morgan fingerprint density at radius 3 is 2.62 bits per heavy atom. The molecule has 0 saturated carbocycles. The predicted octanol–water partition coefficient (Wildman–Crippen LogP) is 3.15. The first-order chi connectivity index (χ1) is 11.6. The highest BCUT2D eigenvalue weighted by Crippen LogP contribution is 2.15. The first-order valence-electron chi connectivity index (χ1n) is 7.74. The van der Waals surface area contributed by atoms with E-state index in [-0.39, 0.29) is 17.8 Å². The van der Waals surface area contributed by atoms with E-state index in [9.17, 15) is 13.6 Å². The topological polar surface area (TPSA) is 53.5 Å². The van der Waals surface area contributed by atoms with Gasteiger partial charge in [0.05, 0.1) is 12.1 Å². The van der Waals surface area contributed by atoms with Gasteiger partial charge < -0.3 is 10.6 Å². The largest absolute Gasteiger partial charge is 0.354 e. The van der Waals surface area contributed by atoms with Crippen LogP contribution in [0, 0.1) is 11.6 Å². The van der Waals surface area contributed by atoms with Gasteiger partial charge in [0.25, 0.3) is 0 Å². The molecule has 124 valence electrons. The fraction of sp³-hybridized carbons (Fsp3) is 0.222. The molecule has 0 spiro atoms. The number of nitrogens with zero attached hydrogens (tertiary/aromatic N) is 1. The number of aryl methyl sites for hydroxylation is 1. The molecular weight excluding hydrogens is 312 g/mol. The molecule has 0 amide bonds. The summed E-state index contributed by atoms with van der Waals surface area (Å²) in [7, 11) is 0. The minimum Gasteiger partial charge on any atom is -0.354 e. The molecule has 2 N–H and O–H groups in total. The Morgan fingerprint density at radius 1 is 1.17 bits per heavy atom. The molecule has 0 atom stereocenters. The molecule has 2 aromatic rings. The maximum atomic E-state index is 13.6. The van der Waals surface area contributed by atoms with E-state index in [4.69, 9.17) is 0 Å². The number of nitrogens with one attached hydrogen (secondary N) is 2. The summed E-state index contributed by atoms with van der Waals surface area (Å²) >= 11 is 0. The molecule has 0 unspecified atom stereocenters. The molecule has 0 saturated heterocycles. The van der Waals surface area contributed by atoms with Gasteiger partial charge in [-0.15, -0.1) is 0 Å². The zero-order valence-corrected chi connectivity index (χ0v) is 13.0. The molecule has 1 heterocycles. The number of aliphatic imine (C=N–C) groups is 1. The first kappa shape index (κ1) is 16.1. The van der Waals surface area contributed by atoms with Gasteiger partial charge in [0, 0.05) is 24.7 Å². The summed E-state index contributed by atoms with van der Waals surface area (Å²) < 4.78 is 26.5. The van der Waals surface area contributed by atoms with Crippen molar-refractivity contribution in [2.24, 2.45) is 4.99 Å². The molecule has 0 bridgehead atoms. The van der Waals surface area contributed by atoms with Crippen LogP contribution < -0.4 is 10.6 Å². The SMILES string of the molecule is O=C(CCc1ccc(NC2=NCCN2)cc1)c1ccc(F)cc1F. The van der Waals surface area contributed by atoms with Gasteiger partial charge in [-0.1, -0.05) is 12.1 Å². The van der Waals surface area contributed by atoms with Gasteiger partial charge in [-0.05, 0) is 36.2 Å². The van der Waals surface area contributed by atoms with Crippen LogP contribution in [0.1, 0.15) is 22.3 Å². The molecule has 4 nitrogen and oxygen atoms in total. The number of carbonyl (C=O) groups excluding carboxylic acids is 1. The Morgan fingerprint density at radius 2 is 1.96 bits per heavy atom. The van der Waals surface area contributed by atoms with Crippen LogP contribution in [-0.4, -0.2) is 24.8 Å². The monoisotopic (exact) mass is 329 g/mol. The summed E-state index contributed by atoms with van der Waals surface area (Å²) in [5.74, 6) is -1.08. The van der Waals surface area contributed by atoms with Crippen molar-refractivity contribution in [1.82, 2.24) is 5.32 Å². The molecule has 6 heteroatoms. The third-order valence-corrected chi connectivity index (χ3v) is 3.76. The molecule has 0 aliphatic carbocycles. The fourth-order valence-electron chi connectivity index (χ4n) is 2.48. The summed E-state index contributed by atoms with van der Waals surface area (Å²) in [6.45, 7) is 1.60. The molecule has 1 aliphatic rings. The van der Waals surface area contributed by atoms with Gasteiger partial charge in [-0.3, -0.25) is 9.79 Å². The Bertz CT molecular complexity index is 772. The standard InChI is InChI=1S/C18H17F2N3O/c19-13-4-7-15(16(20)11-13)17(24)8-3-12-1-5-14(6-2-12)23-18-21-9-10-22-18/h1-2,4-7,11H,3,8-10H2,(H2,21,22,23). The van der Waals surface area contributed by atoms with Crippen molar-refractivity contribution in [2.45, 2.75) is 12.8 Å². The van der Waals surface area contributed by atoms with Gasteiger partial charge in [0.2, 0.25) is 0 Å². The average molecular weight is 329 g/mol. The highest BCUT2D eigenvalue weighted by Gasteiger charge is 2.12. The number of ketones is 1. The van der Waals surface area contributed by atoms with Crippen LogP contribution in [0.2, 0.25) is 0 Å². The highest BCUT2D eigenvalue weighted by atomic mass is 19.1. The van der Waals surface area contributed by atoms with E-state index in [1.165, 1.54) is 6.07 Å². The Hall–Kier alpha value is -2.76. The minimum absolute atomic E-state index is 0.0694.